The molecule has 0 heterocycles. The van der Waals surface area contributed by atoms with Crippen molar-refractivity contribution in [3.63, 3.8) is 0 Å². The van der Waals surface area contributed by atoms with E-state index in [4.69, 9.17) is 21.1 Å². The van der Waals surface area contributed by atoms with Crippen LogP contribution < -0.4 is 10.1 Å². The third kappa shape index (κ3) is 4.97. The largest absolute Gasteiger partial charge is 0.481 e. The lowest BCUT2D eigenvalue weighted by Gasteiger charge is -2.17. The third-order valence-corrected chi connectivity index (χ3v) is 3.80. The van der Waals surface area contributed by atoms with Crippen LogP contribution in [0.25, 0.3) is 0 Å². The van der Waals surface area contributed by atoms with Crippen molar-refractivity contribution in [2.45, 2.75) is 26.9 Å². The van der Waals surface area contributed by atoms with Gasteiger partial charge in [0.25, 0.3) is 5.91 Å². The highest BCUT2D eigenvalue weighted by Crippen LogP contribution is 2.22. The predicted molar refractivity (Wildman–Crippen MR) is 97.3 cm³/mol. The SMILES string of the molecule is CCOC(=O)c1cccc(NC(=O)[C@H](C)Oc2cccc(Cl)c2)c1C. The molecule has 2 aromatic carbocycles. The van der Waals surface area contributed by atoms with Gasteiger partial charge in [0.1, 0.15) is 5.75 Å². The van der Waals surface area contributed by atoms with E-state index in [2.05, 4.69) is 5.32 Å². The fourth-order valence-corrected chi connectivity index (χ4v) is 2.41. The van der Waals surface area contributed by atoms with E-state index in [1.807, 2.05) is 0 Å². The number of anilines is 1. The maximum Gasteiger partial charge on any atom is 0.338 e. The molecule has 1 atom stereocenters. The molecule has 0 aliphatic heterocycles. The molecule has 0 saturated heterocycles. The van der Waals surface area contributed by atoms with E-state index in [0.717, 1.165) is 0 Å². The minimum Gasteiger partial charge on any atom is -0.481 e. The molecule has 0 spiro atoms. The van der Waals surface area contributed by atoms with Crippen LogP contribution in [-0.4, -0.2) is 24.6 Å². The number of hydrogen-bond donors (Lipinski definition) is 1. The van der Waals surface area contributed by atoms with Gasteiger partial charge >= 0.3 is 5.97 Å². The Labute approximate surface area is 151 Å². The van der Waals surface area contributed by atoms with Gasteiger partial charge in [-0.3, -0.25) is 4.79 Å². The summed E-state index contributed by atoms with van der Waals surface area (Å²) in [6.45, 7) is 5.43. The lowest BCUT2D eigenvalue weighted by Crippen LogP contribution is -2.30. The number of carbonyl (C=O) groups is 2. The topological polar surface area (TPSA) is 64.6 Å². The van der Waals surface area contributed by atoms with Gasteiger partial charge in [0.2, 0.25) is 0 Å². The molecule has 0 unspecified atom stereocenters. The summed E-state index contributed by atoms with van der Waals surface area (Å²) in [4.78, 5) is 24.3. The van der Waals surface area contributed by atoms with Gasteiger partial charge in [-0.15, -0.1) is 0 Å². The first-order valence-corrected chi connectivity index (χ1v) is 8.30. The average Bonchev–Trinajstić information content (AvgIpc) is 2.56. The van der Waals surface area contributed by atoms with Crippen LogP contribution in [0.2, 0.25) is 5.02 Å². The number of hydrogen-bond acceptors (Lipinski definition) is 4. The number of carbonyl (C=O) groups excluding carboxylic acids is 2. The van der Waals surface area contributed by atoms with Crippen molar-refractivity contribution in [3.05, 3.63) is 58.6 Å². The van der Waals surface area contributed by atoms with Crippen molar-refractivity contribution in [2.75, 3.05) is 11.9 Å². The number of benzene rings is 2. The Kier molecular flexibility index (Phi) is 6.42. The summed E-state index contributed by atoms with van der Waals surface area (Å²) in [7, 11) is 0. The zero-order valence-corrected chi connectivity index (χ0v) is 15.1. The van der Waals surface area contributed by atoms with Crippen LogP contribution in [0.15, 0.2) is 42.5 Å². The highest BCUT2D eigenvalue weighted by Gasteiger charge is 2.18. The highest BCUT2D eigenvalue weighted by atomic mass is 35.5. The third-order valence-electron chi connectivity index (χ3n) is 3.57. The number of halogens is 1. The van der Waals surface area contributed by atoms with Gasteiger partial charge in [0.15, 0.2) is 6.10 Å². The molecule has 25 heavy (non-hydrogen) atoms. The molecule has 0 aromatic heterocycles. The van der Waals surface area contributed by atoms with Crippen LogP contribution in [0, 0.1) is 6.92 Å². The fourth-order valence-electron chi connectivity index (χ4n) is 2.23. The lowest BCUT2D eigenvalue weighted by atomic mass is 10.1. The molecule has 0 aliphatic rings. The van der Waals surface area contributed by atoms with Crippen molar-refractivity contribution in [2.24, 2.45) is 0 Å². The number of nitrogens with one attached hydrogen (secondary N) is 1. The van der Waals surface area contributed by atoms with E-state index in [9.17, 15) is 9.59 Å². The standard InChI is InChI=1S/C19H20ClNO4/c1-4-24-19(23)16-9-6-10-17(12(16)2)21-18(22)13(3)25-15-8-5-7-14(20)11-15/h5-11,13H,4H2,1-3H3,(H,21,22)/t13-/m0/s1. The molecule has 132 valence electrons. The van der Waals surface area contributed by atoms with E-state index >= 15 is 0 Å². The molecule has 2 aromatic rings. The normalized spacial score (nSPS) is 11.5. The Balaban J connectivity index is 2.09. The molecule has 0 saturated carbocycles. The quantitative estimate of drug-likeness (QED) is 0.782. The van der Waals surface area contributed by atoms with Gasteiger partial charge in [-0.25, -0.2) is 4.79 Å². The van der Waals surface area contributed by atoms with Crippen molar-refractivity contribution < 1.29 is 19.1 Å². The van der Waals surface area contributed by atoms with Crippen molar-refractivity contribution in [1.29, 1.82) is 0 Å². The molecular formula is C19H20ClNO4. The van der Waals surface area contributed by atoms with Crippen molar-refractivity contribution in [3.8, 4) is 5.75 Å². The summed E-state index contributed by atoms with van der Waals surface area (Å²) in [6.07, 6.45) is -0.732. The molecule has 0 radical (unpaired) electrons. The van der Waals surface area contributed by atoms with Crippen LogP contribution in [0.1, 0.15) is 29.8 Å². The summed E-state index contributed by atoms with van der Waals surface area (Å²) < 4.78 is 10.6. The average molecular weight is 362 g/mol. The second-order valence-electron chi connectivity index (χ2n) is 5.41. The Morgan fingerprint density at radius 2 is 1.92 bits per heavy atom. The van der Waals surface area contributed by atoms with Gasteiger partial charge in [0, 0.05) is 10.7 Å². The number of esters is 1. The molecule has 5 nitrogen and oxygen atoms in total. The predicted octanol–water partition coefficient (Wildman–Crippen LogP) is 4.23. The van der Waals surface area contributed by atoms with Gasteiger partial charge in [-0.2, -0.15) is 0 Å². The molecule has 2 rings (SSSR count). The van der Waals surface area contributed by atoms with Crippen LogP contribution >= 0.6 is 11.6 Å². The Morgan fingerprint density at radius 1 is 1.20 bits per heavy atom. The van der Waals surface area contributed by atoms with Crippen LogP contribution in [-0.2, 0) is 9.53 Å². The Bertz CT molecular complexity index is 776. The first-order valence-electron chi connectivity index (χ1n) is 7.92. The van der Waals surface area contributed by atoms with E-state index in [-0.39, 0.29) is 5.91 Å². The van der Waals surface area contributed by atoms with Gasteiger partial charge in [-0.1, -0.05) is 23.7 Å². The molecular weight excluding hydrogens is 342 g/mol. The molecule has 0 bridgehead atoms. The smallest absolute Gasteiger partial charge is 0.338 e. The minimum atomic E-state index is -0.732. The molecule has 0 aliphatic carbocycles. The van der Waals surface area contributed by atoms with Crippen LogP contribution in [0.4, 0.5) is 5.69 Å². The summed E-state index contributed by atoms with van der Waals surface area (Å²) in [6, 6.07) is 11.9. The number of rotatable bonds is 6. The number of ether oxygens (including phenoxy) is 2. The second-order valence-corrected chi connectivity index (χ2v) is 5.84. The van der Waals surface area contributed by atoms with E-state index in [0.29, 0.717) is 34.2 Å². The molecule has 1 amide bonds. The van der Waals surface area contributed by atoms with Gasteiger partial charge in [-0.05, 0) is 56.7 Å². The summed E-state index contributed by atoms with van der Waals surface area (Å²) >= 11 is 5.91. The first kappa shape index (κ1) is 18.8. The minimum absolute atomic E-state index is 0.291. The van der Waals surface area contributed by atoms with Crippen LogP contribution in [0.3, 0.4) is 0 Å². The van der Waals surface area contributed by atoms with Crippen molar-refractivity contribution >= 4 is 29.2 Å². The molecule has 6 heteroatoms. The fraction of sp³-hybridized carbons (Fsp3) is 0.263. The van der Waals surface area contributed by atoms with E-state index < -0.39 is 12.1 Å². The Morgan fingerprint density at radius 3 is 2.60 bits per heavy atom. The van der Waals surface area contributed by atoms with Gasteiger partial charge < -0.3 is 14.8 Å². The lowest BCUT2D eigenvalue weighted by molar-refractivity contribution is -0.122. The zero-order chi connectivity index (χ0) is 18.4. The van der Waals surface area contributed by atoms with Crippen LogP contribution in [0.5, 0.6) is 5.75 Å². The maximum atomic E-state index is 12.4. The monoisotopic (exact) mass is 361 g/mol. The maximum absolute atomic E-state index is 12.4. The Hall–Kier alpha value is -2.53. The zero-order valence-electron chi connectivity index (χ0n) is 14.3. The highest BCUT2D eigenvalue weighted by molar-refractivity contribution is 6.30. The summed E-state index contributed by atoms with van der Waals surface area (Å²) in [5.74, 6) is -0.240. The van der Waals surface area contributed by atoms with Gasteiger partial charge in [0.05, 0.1) is 12.2 Å². The van der Waals surface area contributed by atoms with E-state index in [1.165, 1.54) is 0 Å². The van der Waals surface area contributed by atoms with Crippen molar-refractivity contribution in [1.82, 2.24) is 0 Å². The number of amides is 1. The van der Waals surface area contributed by atoms with E-state index in [1.54, 1.807) is 63.2 Å². The summed E-state index contributed by atoms with van der Waals surface area (Å²) in [5, 5.41) is 3.31. The molecule has 0 fully saturated rings. The summed E-state index contributed by atoms with van der Waals surface area (Å²) in [5.41, 5.74) is 1.60. The second kappa shape index (κ2) is 8.53. The molecule has 1 N–H and O–H groups in total. The first-order chi connectivity index (χ1) is 11.9.